The Morgan fingerprint density at radius 2 is 1.64 bits per heavy atom. The van der Waals surface area contributed by atoms with E-state index >= 15 is 0 Å². The molecular formula is C25H29N5O6. The van der Waals surface area contributed by atoms with Gasteiger partial charge in [-0.25, -0.2) is 15.6 Å². The van der Waals surface area contributed by atoms with Crippen LogP contribution in [0.2, 0.25) is 0 Å². The van der Waals surface area contributed by atoms with E-state index in [1.807, 2.05) is 12.1 Å². The van der Waals surface area contributed by atoms with Crippen molar-refractivity contribution in [3.05, 3.63) is 41.6 Å². The standard InChI is InChI=1S/C25H29N5O6/c1-6-36-25(31)24-18(12-30-14-29(26)13-27-30)28-17-11-22(35-5)21(34-4)10-16(17)23(24)15-7-8-19(32-2)20(9-15)33-3/h7-11,13H,6,12,14,26H2,1-5H3. The highest BCUT2D eigenvalue weighted by Crippen LogP contribution is 2.42. The molecule has 0 aliphatic carbocycles. The van der Waals surface area contributed by atoms with E-state index in [9.17, 15) is 4.79 Å². The van der Waals surface area contributed by atoms with Crippen molar-refractivity contribution >= 4 is 23.2 Å². The highest BCUT2D eigenvalue weighted by Gasteiger charge is 2.27. The summed E-state index contributed by atoms with van der Waals surface area (Å²) >= 11 is 0. The highest BCUT2D eigenvalue weighted by molar-refractivity contribution is 6.08. The molecule has 11 nitrogen and oxygen atoms in total. The molecule has 0 radical (unpaired) electrons. The van der Waals surface area contributed by atoms with Crippen LogP contribution in [0.5, 0.6) is 23.0 Å². The van der Waals surface area contributed by atoms with Gasteiger partial charge >= 0.3 is 5.97 Å². The van der Waals surface area contributed by atoms with Gasteiger partial charge in [-0.2, -0.15) is 5.10 Å². The number of nitrogens with two attached hydrogens (primary N) is 1. The molecule has 2 aromatic carbocycles. The molecule has 1 aliphatic rings. The Labute approximate surface area is 208 Å². The number of benzene rings is 2. The number of methoxy groups -OCH3 is 4. The number of hydrazone groups is 1. The van der Waals surface area contributed by atoms with E-state index in [0.717, 1.165) is 0 Å². The number of hydrogen-bond donors (Lipinski definition) is 1. The molecule has 11 heteroatoms. The average molecular weight is 496 g/mol. The summed E-state index contributed by atoms with van der Waals surface area (Å²) in [7, 11) is 6.23. The first kappa shape index (κ1) is 24.9. The Morgan fingerprint density at radius 1 is 0.972 bits per heavy atom. The van der Waals surface area contributed by atoms with Crippen LogP contribution >= 0.6 is 0 Å². The zero-order valence-electron chi connectivity index (χ0n) is 20.9. The molecule has 1 aliphatic heterocycles. The number of aromatic nitrogens is 1. The molecule has 0 atom stereocenters. The molecule has 0 bridgehead atoms. The van der Waals surface area contributed by atoms with Crippen molar-refractivity contribution in [2.24, 2.45) is 10.9 Å². The third kappa shape index (κ3) is 4.65. The summed E-state index contributed by atoms with van der Waals surface area (Å²) in [5.41, 5.74) is 2.72. The van der Waals surface area contributed by atoms with Crippen molar-refractivity contribution < 1.29 is 28.5 Å². The van der Waals surface area contributed by atoms with E-state index in [0.29, 0.717) is 63.0 Å². The summed E-state index contributed by atoms with van der Waals surface area (Å²) < 4.78 is 27.5. The lowest BCUT2D eigenvalue weighted by Crippen LogP contribution is -2.32. The van der Waals surface area contributed by atoms with Gasteiger partial charge in [0, 0.05) is 17.0 Å². The fourth-order valence-corrected chi connectivity index (χ4v) is 4.13. The van der Waals surface area contributed by atoms with Gasteiger partial charge in [-0.15, -0.1) is 0 Å². The third-order valence-corrected chi connectivity index (χ3v) is 5.74. The van der Waals surface area contributed by atoms with Crippen molar-refractivity contribution in [3.8, 4) is 34.1 Å². The third-order valence-electron chi connectivity index (χ3n) is 5.74. The number of hydrazine groups is 1. The van der Waals surface area contributed by atoms with Gasteiger partial charge in [0.1, 0.15) is 13.0 Å². The smallest absolute Gasteiger partial charge is 0.340 e. The number of fused-ring (bicyclic) bond motifs is 1. The van der Waals surface area contributed by atoms with Gasteiger partial charge in [0.05, 0.1) is 58.4 Å². The molecular weight excluding hydrogens is 466 g/mol. The zero-order chi connectivity index (χ0) is 25.8. The maximum Gasteiger partial charge on any atom is 0.340 e. The van der Waals surface area contributed by atoms with Crippen LogP contribution in [0, 0.1) is 0 Å². The molecule has 2 heterocycles. The van der Waals surface area contributed by atoms with Crippen LogP contribution in [-0.2, 0) is 11.3 Å². The molecule has 0 fully saturated rings. The molecule has 36 heavy (non-hydrogen) atoms. The number of carbonyl (C=O) groups is 1. The summed E-state index contributed by atoms with van der Waals surface area (Å²) in [6.45, 7) is 2.53. The molecule has 1 aromatic heterocycles. The predicted molar refractivity (Wildman–Crippen MR) is 134 cm³/mol. The van der Waals surface area contributed by atoms with Gasteiger partial charge in [0.2, 0.25) is 0 Å². The van der Waals surface area contributed by atoms with Crippen LogP contribution in [0.15, 0.2) is 35.4 Å². The SMILES string of the molecule is CCOC(=O)c1c(CN2CN(N)C=N2)nc2cc(OC)c(OC)cc2c1-c1ccc(OC)c(OC)c1. The van der Waals surface area contributed by atoms with Crippen molar-refractivity contribution in [1.82, 2.24) is 15.0 Å². The lowest BCUT2D eigenvalue weighted by molar-refractivity contribution is 0.0524. The molecule has 0 amide bonds. The first-order valence-corrected chi connectivity index (χ1v) is 11.2. The van der Waals surface area contributed by atoms with Gasteiger partial charge in [0.25, 0.3) is 0 Å². The fraction of sp³-hybridized carbons (Fsp3) is 0.320. The molecule has 190 valence electrons. The van der Waals surface area contributed by atoms with Gasteiger partial charge < -0.3 is 23.7 Å². The fourth-order valence-electron chi connectivity index (χ4n) is 4.13. The summed E-state index contributed by atoms with van der Waals surface area (Å²) in [6, 6.07) is 9.03. The Balaban J connectivity index is 2.06. The minimum atomic E-state index is -0.505. The molecule has 4 rings (SSSR count). The normalized spacial score (nSPS) is 12.7. The van der Waals surface area contributed by atoms with Crippen LogP contribution < -0.4 is 24.8 Å². The first-order valence-electron chi connectivity index (χ1n) is 11.2. The second-order valence-corrected chi connectivity index (χ2v) is 7.87. The van der Waals surface area contributed by atoms with Crippen LogP contribution in [0.1, 0.15) is 23.0 Å². The Bertz CT molecular complexity index is 1310. The number of pyridine rings is 1. The van der Waals surface area contributed by atoms with Gasteiger partial charge in [-0.05, 0) is 30.7 Å². The summed E-state index contributed by atoms with van der Waals surface area (Å²) in [6.07, 6.45) is 1.51. The van der Waals surface area contributed by atoms with E-state index in [2.05, 4.69) is 5.10 Å². The van der Waals surface area contributed by atoms with Gasteiger partial charge in [0.15, 0.2) is 23.0 Å². The second-order valence-electron chi connectivity index (χ2n) is 7.87. The largest absolute Gasteiger partial charge is 0.493 e. The van der Waals surface area contributed by atoms with Crippen LogP contribution in [0.3, 0.4) is 0 Å². The topological polar surface area (TPSA) is 121 Å². The zero-order valence-corrected chi connectivity index (χ0v) is 20.9. The average Bonchev–Trinajstić information content (AvgIpc) is 3.30. The van der Waals surface area contributed by atoms with E-state index < -0.39 is 5.97 Å². The minimum Gasteiger partial charge on any atom is -0.493 e. The summed E-state index contributed by atoms with van der Waals surface area (Å²) in [5, 5.41) is 8.11. The maximum absolute atomic E-state index is 13.4. The number of nitrogens with zero attached hydrogens (tertiary/aromatic N) is 4. The van der Waals surface area contributed by atoms with Gasteiger partial charge in [-0.3, -0.25) is 10.0 Å². The van der Waals surface area contributed by atoms with Crippen molar-refractivity contribution in [3.63, 3.8) is 0 Å². The quantitative estimate of drug-likeness (QED) is 0.350. The minimum absolute atomic E-state index is 0.200. The van der Waals surface area contributed by atoms with E-state index in [1.54, 1.807) is 58.6 Å². The van der Waals surface area contributed by atoms with Crippen LogP contribution in [0.25, 0.3) is 22.0 Å². The number of ether oxygens (including phenoxy) is 5. The van der Waals surface area contributed by atoms with Gasteiger partial charge in [-0.1, -0.05) is 6.07 Å². The predicted octanol–water partition coefficient (Wildman–Crippen LogP) is 3.01. The lowest BCUT2D eigenvalue weighted by atomic mass is 9.93. The van der Waals surface area contributed by atoms with Crippen molar-refractivity contribution in [2.75, 3.05) is 41.7 Å². The number of rotatable bonds is 9. The Kier molecular flexibility index (Phi) is 7.30. The molecule has 3 aromatic rings. The highest BCUT2D eigenvalue weighted by atomic mass is 16.5. The van der Waals surface area contributed by atoms with Crippen molar-refractivity contribution in [1.29, 1.82) is 0 Å². The van der Waals surface area contributed by atoms with E-state index in [-0.39, 0.29) is 13.2 Å². The molecule has 0 saturated heterocycles. The monoisotopic (exact) mass is 495 g/mol. The van der Waals surface area contributed by atoms with Crippen LogP contribution in [0.4, 0.5) is 0 Å². The Hall–Kier alpha value is -4.25. The summed E-state index contributed by atoms with van der Waals surface area (Å²) in [4.78, 5) is 18.3. The lowest BCUT2D eigenvalue weighted by Gasteiger charge is -2.21. The molecule has 2 N–H and O–H groups in total. The number of carbonyl (C=O) groups excluding carboxylic acids is 1. The Morgan fingerprint density at radius 3 is 2.25 bits per heavy atom. The number of esters is 1. The number of hydrogen-bond acceptors (Lipinski definition) is 11. The van der Waals surface area contributed by atoms with Crippen LogP contribution in [-0.4, -0.2) is 69.0 Å². The van der Waals surface area contributed by atoms with E-state index in [1.165, 1.54) is 11.3 Å². The van der Waals surface area contributed by atoms with Crippen molar-refractivity contribution in [2.45, 2.75) is 13.5 Å². The summed E-state index contributed by atoms with van der Waals surface area (Å²) in [5.74, 6) is 7.42. The second kappa shape index (κ2) is 10.6. The van der Waals surface area contributed by atoms with E-state index in [4.69, 9.17) is 34.5 Å². The first-order chi connectivity index (χ1) is 17.4. The molecule has 0 saturated carbocycles. The molecule has 0 spiro atoms. The maximum atomic E-state index is 13.4. The molecule has 0 unspecified atom stereocenters.